The number of aromatic amines is 1. The molecular weight excluding hydrogens is 350 g/mol. The van der Waals surface area contributed by atoms with Crippen LogP contribution in [0, 0.1) is 0 Å². The fourth-order valence-corrected chi connectivity index (χ4v) is 3.86. The van der Waals surface area contributed by atoms with Gasteiger partial charge in [0.25, 0.3) is 5.91 Å². The van der Waals surface area contributed by atoms with Crippen molar-refractivity contribution in [1.29, 1.82) is 0 Å². The summed E-state index contributed by atoms with van der Waals surface area (Å²) in [7, 11) is 0. The minimum Gasteiger partial charge on any atom is -0.361 e. The predicted octanol–water partition coefficient (Wildman–Crippen LogP) is 3.05. The molecule has 2 aromatic heterocycles. The first-order valence-electron chi connectivity index (χ1n) is 9.59. The second-order valence-electron chi connectivity index (χ2n) is 7.17. The minimum atomic E-state index is 0.0754. The molecule has 6 nitrogen and oxygen atoms in total. The normalized spacial score (nSPS) is 14.1. The summed E-state index contributed by atoms with van der Waals surface area (Å²) in [5.74, 6) is 2.00. The number of amides is 1. The number of nitrogens with zero attached hydrogens (tertiary/aromatic N) is 4. The second kappa shape index (κ2) is 6.96. The Morgan fingerprint density at radius 3 is 2.79 bits per heavy atom. The molecule has 0 unspecified atom stereocenters. The Labute approximate surface area is 162 Å². The zero-order valence-corrected chi connectivity index (χ0v) is 15.5. The van der Waals surface area contributed by atoms with Gasteiger partial charge < -0.3 is 14.5 Å². The van der Waals surface area contributed by atoms with Crippen molar-refractivity contribution < 1.29 is 4.79 Å². The van der Waals surface area contributed by atoms with Gasteiger partial charge in [-0.3, -0.25) is 4.79 Å². The van der Waals surface area contributed by atoms with E-state index in [-0.39, 0.29) is 5.91 Å². The van der Waals surface area contributed by atoms with Gasteiger partial charge in [-0.1, -0.05) is 30.3 Å². The van der Waals surface area contributed by atoms with Crippen LogP contribution in [-0.4, -0.2) is 43.6 Å². The average molecular weight is 371 g/mol. The summed E-state index contributed by atoms with van der Waals surface area (Å²) >= 11 is 0. The molecule has 0 atom stereocenters. The SMILES string of the molecule is O=C(c1ccc2[nH]ccc2c1)N1CCc2nnc(Cc3ccccc3)n2CC1. The molecule has 0 spiro atoms. The first kappa shape index (κ1) is 16.7. The van der Waals surface area contributed by atoms with Gasteiger partial charge in [-0.25, -0.2) is 0 Å². The van der Waals surface area contributed by atoms with Gasteiger partial charge >= 0.3 is 0 Å². The highest BCUT2D eigenvalue weighted by atomic mass is 16.2. The van der Waals surface area contributed by atoms with E-state index in [9.17, 15) is 4.79 Å². The van der Waals surface area contributed by atoms with Crippen LogP contribution in [0.2, 0.25) is 0 Å². The number of aromatic nitrogens is 4. The van der Waals surface area contributed by atoms with E-state index in [0.717, 1.165) is 47.5 Å². The Balaban J connectivity index is 1.34. The van der Waals surface area contributed by atoms with Gasteiger partial charge in [0.2, 0.25) is 0 Å². The van der Waals surface area contributed by atoms with Crippen LogP contribution in [0.15, 0.2) is 60.8 Å². The summed E-state index contributed by atoms with van der Waals surface area (Å²) in [6, 6.07) is 18.1. The highest BCUT2D eigenvalue weighted by Gasteiger charge is 2.23. The summed E-state index contributed by atoms with van der Waals surface area (Å²) in [6.45, 7) is 2.05. The van der Waals surface area contributed by atoms with Gasteiger partial charge in [-0.15, -0.1) is 10.2 Å². The molecule has 0 bridgehead atoms. The van der Waals surface area contributed by atoms with Crippen LogP contribution < -0.4 is 0 Å². The Morgan fingerprint density at radius 2 is 1.89 bits per heavy atom. The van der Waals surface area contributed by atoms with E-state index in [4.69, 9.17) is 0 Å². The molecule has 5 rings (SSSR count). The molecule has 0 radical (unpaired) electrons. The molecule has 0 aliphatic carbocycles. The fraction of sp³-hybridized carbons (Fsp3) is 0.227. The average Bonchev–Trinajstić information content (AvgIpc) is 3.29. The third-order valence-corrected chi connectivity index (χ3v) is 5.40. The highest BCUT2D eigenvalue weighted by Crippen LogP contribution is 2.18. The lowest BCUT2D eigenvalue weighted by Gasteiger charge is -2.20. The maximum Gasteiger partial charge on any atom is 0.253 e. The minimum absolute atomic E-state index is 0.0754. The summed E-state index contributed by atoms with van der Waals surface area (Å²) in [5.41, 5.74) is 2.99. The molecule has 1 aliphatic heterocycles. The monoisotopic (exact) mass is 371 g/mol. The first-order chi connectivity index (χ1) is 13.8. The molecule has 3 heterocycles. The lowest BCUT2D eigenvalue weighted by atomic mass is 10.1. The largest absolute Gasteiger partial charge is 0.361 e. The van der Waals surface area contributed by atoms with E-state index in [1.807, 2.05) is 53.6 Å². The molecular formula is C22H21N5O. The van der Waals surface area contributed by atoms with E-state index >= 15 is 0 Å². The molecule has 6 heteroatoms. The quantitative estimate of drug-likeness (QED) is 0.602. The van der Waals surface area contributed by atoms with Crippen molar-refractivity contribution in [1.82, 2.24) is 24.6 Å². The summed E-state index contributed by atoms with van der Waals surface area (Å²) < 4.78 is 2.18. The van der Waals surface area contributed by atoms with Crippen LogP contribution in [-0.2, 0) is 19.4 Å². The third kappa shape index (κ3) is 3.07. The van der Waals surface area contributed by atoms with Gasteiger partial charge in [-0.2, -0.15) is 0 Å². The number of benzene rings is 2. The summed E-state index contributed by atoms with van der Waals surface area (Å²) in [5, 5.41) is 9.84. The molecule has 140 valence electrons. The molecule has 0 saturated carbocycles. The zero-order valence-electron chi connectivity index (χ0n) is 15.5. The Morgan fingerprint density at radius 1 is 1.00 bits per heavy atom. The van der Waals surface area contributed by atoms with E-state index in [1.54, 1.807) is 0 Å². The van der Waals surface area contributed by atoms with Crippen molar-refractivity contribution in [3.05, 3.63) is 83.6 Å². The number of carbonyl (C=O) groups excluding carboxylic acids is 1. The van der Waals surface area contributed by atoms with Crippen molar-refractivity contribution in [3.8, 4) is 0 Å². The molecule has 0 saturated heterocycles. The van der Waals surface area contributed by atoms with Gasteiger partial charge in [0, 0.05) is 55.1 Å². The van der Waals surface area contributed by atoms with Gasteiger partial charge in [0.1, 0.15) is 11.6 Å². The summed E-state index contributed by atoms with van der Waals surface area (Å²) in [4.78, 5) is 18.1. The number of hydrogen-bond donors (Lipinski definition) is 1. The lowest BCUT2D eigenvalue weighted by Crippen LogP contribution is -2.33. The molecule has 2 aromatic carbocycles. The highest BCUT2D eigenvalue weighted by molar-refractivity contribution is 5.98. The maximum atomic E-state index is 13.0. The Hall–Kier alpha value is -3.41. The number of hydrogen-bond acceptors (Lipinski definition) is 3. The molecule has 28 heavy (non-hydrogen) atoms. The zero-order chi connectivity index (χ0) is 18.9. The van der Waals surface area contributed by atoms with Crippen LogP contribution in [0.5, 0.6) is 0 Å². The molecule has 0 fully saturated rings. The second-order valence-corrected chi connectivity index (χ2v) is 7.17. The maximum absolute atomic E-state index is 13.0. The van der Waals surface area contributed by atoms with E-state index in [0.29, 0.717) is 13.1 Å². The van der Waals surface area contributed by atoms with Crippen LogP contribution >= 0.6 is 0 Å². The van der Waals surface area contributed by atoms with Crippen LogP contribution in [0.25, 0.3) is 10.9 Å². The molecule has 1 amide bonds. The molecule has 1 aliphatic rings. The number of rotatable bonds is 3. The van der Waals surface area contributed by atoms with Crippen LogP contribution in [0.3, 0.4) is 0 Å². The molecule has 4 aromatic rings. The predicted molar refractivity (Wildman–Crippen MR) is 107 cm³/mol. The Bertz CT molecular complexity index is 1130. The van der Waals surface area contributed by atoms with E-state index in [1.165, 1.54) is 5.56 Å². The Kier molecular flexibility index (Phi) is 4.16. The van der Waals surface area contributed by atoms with Crippen molar-refractivity contribution in [2.24, 2.45) is 0 Å². The lowest BCUT2D eigenvalue weighted by molar-refractivity contribution is 0.0759. The first-order valence-corrected chi connectivity index (χ1v) is 9.59. The van der Waals surface area contributed by atoms with Gasteiger partial charge in [0.05, 0.1) is 0 Å². The van der Waals surface area contributed by atoms with Crippen LogP contribution in [0.4, 0.5) is 0 Å². The smallest absolute Gasteiger partial charge is 0.253 e. The third-order valence-electron chi connectivity index (χ3n) is 5.40. The van der Waals surface area contributed by atoms with Crippen molar-refractivity contribution in [2.45, 2.75) is 19.4 Å². The van der Waals surface area contributed by atoms with Gasteiger partial charge in [0.15, 0.2) is 0 Å². The number of carbonyl (C=O) groups is 1. The van der Waals surface area contributed by atoms with Crippen molar-refractivity contribution >= 4 is 16.8 Å². The van der Waals surface area contributed by atoms with Gasteiger partial charge in [-0.05, 0) is 29.8 Å². The standard InChI is InChI=1S/C22H21N5O/c28-22(18-6-7-19-17(15-18)8-10-23-19)26-11-9-20-24-25-21(27(20)13-12-26)14-16-4-2-1-3-5-16/h1-8,10,15,23H,9,11-14H2. The summed E-state index contributed by atoms with van der Waals surface area (Å²) in [6.07, 6.45) is 3.37. The topological polar surface area (TPSA) is 66.8 Å². The fourth-order valence-electron chi connectivity index (χ4n) is 3.86. The van der Waals surface area contributed by atoms with Crippen LogP contribution in [0.1, 0.15) is 27.6 Å². The van der Waals surface area contributed by atoms with E-state index in [2.05, 4.69) is 31.9 Å². The van der Waals surface area contributed by atoms with E-state index < -0.39 is 0 Å². The van der Waals surface area contributed by atoms with Crippen molar-refractivity contribution in [3.63, 3.8) is 0 Å². The number of nitrogens with one attached hydrogen (secondary N) is 1. The molecule has 1 N–H and O–H groups in total. The van der Waals surface area contributed by atoms with Crippen molar-refractivity contribution in [2.75, 3.05) is 13.1 Å². The number of H-pyrrole nitrogens is 1. The number of fused-ring (bicyclic) bond motifs is 2.